The van der Waals surface area contributed by atoms with Gasteiger partial charge in [-0.05, 0) is 38.1 Å². The lowest BCUT2D eigenvalue weighted by Gasteiger charge is -2.33. The maximum atomic E-state index is 12.3. The Bertz CT molecular complexity index is 274. The molecule has 1 amide bonds. The SMILES string of the molecule is NCC1CCCC1NC(=O)C1(N)CCCCC1. The number of carbonyl (C=O) groups excluding carboxylic acids is 1. The molecule has 4 nitrogen and oxygen atoms in total. The van der Waals surface area contributed by atoms with Crippen LogP contribution in [0, 0.1) is 5.92 Å². The van der Waals surface area contributed by atoms with E-state index in [0.717, 1.165) is 38.5 Å². The molecule has 0 heterocycles. The molecular formula is C13H25N3O. The summed E-state index contributed by atoms with van der Waals surface area (Å²) in [4.78, 5) is 12.3. The lowest BCUT2D eigenvalue weighted by Crippen LogP contribution is -2.57. The number of carbonyl (C=O) groups is 1. The molecule has 2 fully saturated rings. The van der Waals surface area contributed by atoms with Crippen molar-refractivity contribution < 1.29 is 4.79 Å². The van der Waals surface area contributed by atoms with Gasteiger partial charge in [0.2, 0.25) is 5.91 Å². The van der Waals surface area contributed by atoms with E-state index in [1.54, 1.807) is 0 Å². The summed E-state index contributed by atoms with van der Waals surface area (Å²) < 4.78 is 0. The van der Waals surface area contributed by atoms with Gasteiger partial charge in [-0.25, -0.2) is 0 Å². The fraction of sp³-hybridized carbons (Fsp3) is 0.923. The lowest BCUT2D eigenvalue weighted by molar-refractivity contribution is -0.128. The molecule has 2 unspecified atom stereocenters. The lowest BCUT2D eigenvalue weighted by atomic mass is 9.81. The van der Waals surface area contributed by atoms with Gasteiger partial charge < -0.3 is 16.8 Å². The van der Waals surface area contributed by atoms with E-state index in [4.69, 9.17) is 11.5 Å². The normalized spacial score (nSPS) is 32.4. The minimum atomic E-state index is -0.611. The van der Waals surface area contributed by atoms with Crippen LogP contribution in [-0.4, -0.2) is 24.0 Å². The van der Waals surface area contributed by atoms with Crippen LogP contribution in [0.1, 0.15) is 51.4 Å². The van der Waals surface area contributed by atoms with Gasteiger partial charge in [0.25, 0.3) is 0 Å². The number of hydrogen-bond acceptors (Lipinski definition) is 3. The molecule has 2 rings (SSSR count). The topological polar surface area (TPSA) is 81.1 Å². The third-order valence-corrected chi connectivity index (χ3v) is 4.48. The van der Waals surface area contributed by atoms with Gasteiger partial charge in [-0.3, -0.25) is 4.79 Å². The van der Waals surface area contributed by atoms with Crippen molar-refractivity contribution in [1.82, 2.24) is 5.32 Å². The third kappa shape index (κ3) is 2.80. The first-order valence-electron chi connectivity index (χ1n) is 6.95. The molecule has 0 aliphatic heterocycles. The Labute approximate surface area is 103 Å². The Morgan fingerprint density at radius 3 is 2.53 bits per heavy atom. The standard InChI is InChI=1S/C13H25N3O/c14-9-10-5-4-6-11(10)16-12(17)13(15)7-2-1-3-8-13/h10-11H,1-9,14-15H2,(H,16,17). The van der Waals surface area contributed by atoms with E-state index in [9.17, 15) is 4.79 Å². The summed E-state index contributed by atoms with van der Waals surface area (Å²) in [6.07, 6.45) is 8.40. The summed E-state index contributed by atoms with van der Waals surface area (Å²) in [7, 11) is 0. The second-order valence-corrected chi connectivity index (χ2v) is 5.72. The predicted octanol–water partition coefficient (Wildman–Crippen LogP) is 0.892. The van der Waals surface area contributed by atoms with Gasteiger partial charge in [-0.1, -0.05) is 25.7 Å². The Morgan fingerprint density at radius 1 is 1.18 bits per heavy atom. The maximum Gasteiger partial charge on any atom is 0.240 e. The zero-order chi connectivity index (χ0) is 12.3. The molecule has 0 aromatic rings. The highest BCUT2D eigenvalue weighted by Crippen LogP contribution is 2.29. The Morgan fingerprint density at radius 2 is 1.88 bits per heavy atom. The molecule has 2 aliphatic rings. The van der Waals surface area contributed by atoms with E-state index in [1.165, 1.54) is 12.8 Å². The summed E-state index contributed by atoms with van der Waals surface area (Å²) in [5.41, 5.74) is 11.3. The van der Waals surface area contributed by atoms with Gasteiger partial charge >= 0.3 is 0 Å². The van der Waals surface area contributed by atoms with Gasteiger partial charge in [-0.2, -0.15) is 0 Å². The van der Waals surface area contributed by atoms with Crippen LogP contribution in [0.25, 0.3) is 0 Å². The number of nitrogens with one attached hydrogen (secondary N) is 1. The van der Waals surface area contributed by atoms with Crippen molar-refractivity contribution in [2.24, 2.45) is 17.4 Å². The van der Waals surface area contributed by atoms with Gasteiger partial charge in [0.1, 0.15) is 0 Å². The van der Waals surface area contributed by atoms with E-state index in [0.29, 0.717) is 12.5 Å². The molecule has 2 saturated carbocycles. The molecule has 0 saturated heterocycles. The average Bonchev–Trinajstić information content (AvgIpc) is 2.77. The summed E-state index contributed by atoms with van der Waals surface area (Å²) in [5.74, 6) is 0.508. The molecule has 17 heavy (non-hydrogen) atoms. The number of hydrogen-bond donors (Lipinski definition) is 3. The molecule has 98 valence electrons. The molecule has 5 N–H and O–H groups in total. The molecule has 0 bridgehead atoms. The zero-order valence-corrected chi connectivity index (χ0v) is 10.6. The summed E-state index contributed by atoms with van der Waals surface area (Å²) in [6, 6.07) is 0.259. The maximum absolute atomic E-state index is 12.3. The molecule has 0 radical (unpaired) electrons. The quantitative estimate of drug-likeness (QED) is 0.684. The summed E-state index contributed by atoms with van der Waals surface area (Å²) >= 11 is 0. The van der Waals surface area contributed by atoms with Crippen molar-refractivity contribution in [3.8, 4) is 0 Å². The zero-order valence-electron chi connectivity index (χ0n) is 10.6. The second-order valence-electron chi connectivity index (χ2n) is 5.72. The van der Waals surface area contributed by atoms with Crippen LogP contribution < -0.4 is 16.8 Å². The largest absolute Gasteiger partial charge is 0.351 e. The number of nitrogens with two attached hydrogens (primary N) is 2. The Kier molecular flexibility index (Phi) is 4.05. The number of amides is 1. The second kappa shape index (κ2) is 5.36. The van der Waals surface area contributed by atoms with Crippen LogP contribution in [0.5, 0.6) is 0 Å². The van der Waals surface area contributed by atoms with Gasteiger partial charge in [0.05, 0.1) is 5.54 Å². The highest BCUT2D eigenvalue weighted by molar-refractivity contribution is 5.86. The predicted molar refractivity (Wildman–Crippen MR) is 68.3 cm³/mol. The third-order valence-electron chi connectivity index (χ3n) is 4.48. The molecular weight excluding hydrogens is 214 g/mol. The molecule has 0 aromatic heterocycles. The average molecular weight is 239 g/mol. The fourth-order valence-electron chi connectivity index (χ4n) is 3.23. The van der Waals surface area contributed by atoms with Gasteiger partial charge in [-0.15, -0.1) is 0 Å². The fourth-order valence-corrected chi connectivity index (χ4v) is 3.23. The van der Waals surface area contributed by atoms with Crippen molar-refractivity contribution in [3.63, 3.8) is 0 Å². The van der Waals surface area contributed by atoms with Crippen molar-refractivity contribution in [2.45, 2.75) is 62.9 Å². The van der Waals surface area contributed by atoms with E-state index in [-0.39, 0.29) is 11.9 Å². The first-order valence-corrected chi connectivity index (χ1v) is 6.95. The molecule has 0 spiro atoms. The minimum Gasteiger partial charge on any atom is -0.351 e. The van der Waals surface area contributed by atoms with Gasteiger partial charge in [0.15, 0.2) is 0 Å². The van der Waals surface area contributed by atoms with Crippen LogP contribution in [0.3, 0.4) is 0 Å². The van der Waals surface area contributed by atoms with E-state index < -0.39 is 5.54 Å². The molecule has 2 atom stereocenters. The molecule has 0 aromatic carbocycles. The van der Waals surface area contributed by atoms with Crippen molar-refractivity contribution in [2.75, 3.05) is 6.54 Å². The minimum absolute atomic E-state index is 0.0579. The van der Waals surface area contributed by atoms with E-state index >= 15 is 0 Å². The Balaban J connectivity index is 1.91. The van der Waals surface area contributed by atoms with Crippen molar-refractivity contribution in [3.05, 3.63) is 0 Å². The van der Waals surface area contributed by atoms with Crippen LogP contribution in [0.2, 0.25) is 0 Å². The van der Waals surface area contributed by atoms with Crippen LogP contribution in [0.15, 0.2) is 0 Å². The van der Waals surface area contributed by atoms with E-state index in [1.807, 2.05) is 0 Å². The van der Waals surface area contributed by atoms with Crippen LogP contribution in [-0.2, 0) is 4.79 Å². The highest BCUT2D eigenvalue weighted by Gasteiger charge is 2.38. The van der Waals surface area contributed by atoms with Gasteiger partial charge in [0, 0.05) is 6.04 Å². The van der Waals surface area contributed by atoms with Crippen LogP contribution in [0.4, 0.5) is 0 Å². The van der Waals surface area contributed by atoms with Crippen molar-refractivity contribution >= 4 is 5.91 Å². The molecule has 2 aliphatic carbocycles. The smallest absolute Gasteiger partial charge is 0.240 e. The number of rotatable bonds is 3. The highest BCUT2D eigenvalue weighted by atomic mass is 16.2. The first kappa shape index (κ1) is 12.8. The van der Waals surface area contributed by atoms with Crippen LogP contribution >= 0.6 is 0 Å². The Hall–Kier alpha value is -0.610. The first-order chi connectivity index (χ1) is 8.15. The monoisotopic (exact) mass is 239 g/mol. The summed E-state index contributed by atoms with van der Waals surface area (Å²) in [6.45, 7) is 0.669. The van der Waals surface area contributed by atoms with Crippen molar-refractivity contribution in [1.29, 1.82) is 0 Å². The van der Waals surface area contributed by atoms with E-state index in [2.05, 4.69) is 5.32 Å². The summed E-state index contributed by atoms with van der Waals surface area (Å²) in [5, 5.41) is 3.15. The molecule has 4 heteroatoms.